The highest BCUT2D eigenvalue weighted by molar-refractivity contribution is 5.90. The number of rotatable bonds is 10. The molecule has 8 nitrogen and oxygen atoms in total. The Morgan fingerprint density at radius 1 is 0.763 bits per heavy atom. The molecule has 194 valence electrons. The lowest BCUT2D eigenvalue weighted by atomic mass is 9.80. The number of methoxy groups -OCH3 is 3. The molecule has 0 aliphatic carbocycles. The van der Waals surface area contributed by atoms with E-state index in [1.165, 1.54) is 25.3 Å². The Morgan fingerprint density at radius 2 is 1.29 bits per heavy atom. The third-order valence-electron chi connectivity index (χ3n) is 6.32. The van der Waals surface area contributed by atoms with Crippen LogP contribution in [0.5, 0.6) is 11.5 Å². The van der Waals surface area contributed by atoms with Crippen molar-refractivity contribution < 1.29 is 28.7 Å². The Kier molecular flexibility index (Phi) is 8.03. The molecule has 0 aromatic heterocycles. The van der Waals surface area contributed by atoms with Crippen molar-refractivity contribution in [2.24, 2.45) is 0 Å². The van der Waals surface area contributed by atoms with Crippen molar-refractivity contribution in [3.8, 4) is 11.5 Å². The fraction of sp³-hybridized carbons (Fsp3) is 0.167. The summed E-state index contributed by atoms with van der Waals surface area (Å²) in [5.74, 6) is 0.703. The van der Waals surface area contributed by atoms with Crippen molar-refractivity contribution in [3.05, 3.63) is 135 Å². The number of carbonyl (C=O) groups excluding carboxylic acids is 1. The highest BCUT2D eigenvalue weighted by atomic mass is 16.6. The molecule has 4 aromatic carbocycles. The van der Waals surface area contributed by atoms with Gasteiger partial charge in [-0.1, -0.05) is 54.6 Å². The second-order valence-corrected chi connectivity index (χ2v) is 8.39. The van der Waals surface area contributed by atoms with E-state index in [2.05, 4.69) is 0 Å². The number of hydrogen-bond acceptors (Lipinski definition) is 7. The first-order chi connectivity index (χ1) is 18.4. The van der Waals surface area contributed by atoms with Gasteiger partial charge in [-0.05, 0) is 53.1 Å². The predicted molar refractivity (Wildman–Crippen MR) is 142 cm³/mol. The lowest BCUT2D eigenvalue weighted by Crippen LogP contribution is -2.33. The molecule has 0 atom stereocenters. The van der Waals surface area contributed by atoms with Crippen molar-refractivity contribution in [2.75, 3.05) is 21.3 Å². The van der Waals surface area contributed by atoms with E-state index in [9.17, 15) is 14.9 Å². The number of carbonyl (C=O) groups is 1. The second kappa shape index (κ2) is 11.6. The molecule has 0 aliphatic heterocycles. The van der Waals surface area contributed by atoms with Crippen LogP contribution in [0.3, 0.4) is 0 Å². The maximum Gasteiger partial charge on any atom is 0.338 e. The van der Waals surface area contributed by atoms with E-state index >= 15 is 0 Å². The number of ether oxygens (including phenoxy) is 4. The molecule has 0 fully saturated rings. The Balaban J connectivity index is 1.89. The lowest BCUT2D eigenvalue weighted by molar-refractivity contribution is -0.386. The monoisotopic (exact) mass is 513 g/mol. The van der Waals surface area contributed by atoms with Crippen LogP contribution in [0, 0.1) is 10.1 Å². The van der Waals surface area contributed by atoms with Gasteiger partial charge in [-0.3, -0.25) is 10.1 Å². The largest absolute Gasteiger partial charge is 0.497 e. The summed E-state index contributed by atoms with van der Waals surface area (Å²) in [5.41, 5.74) is 1.43. The molecule has 4 rings (SSSR count). The quantitative estimate of drug-likeness (QED) is 0.113. The normalized spacial score (nSPS) is 11.0. The Bertz CT molecular complexity index is 1350. The second-order valence-electron chi connectivity index (χ2n) is 8.39. The smallest absolute Gasteiger partial charge is 0.338 e. The summed E-state index contributed by atoms with van der Waals surface area (Å²) >= 11 is 0. The van der Waals surface area contributed by atoms with Crippen LogP contribution >= 0.6 is 0 Å². The first-order valence-electron chi connectivity index (χ1n) is 11.8. The molecular formula is C30H27NO7. The number of hydrogen-bond donors (Lipinski definition) is 0. The molecule has 4 aromatic rings. The van der Waals surface area contributed by atoms with Crippen molar-refractivity contribution in [1.82, 2.24) is 0 Å². The first-order valence-corrected chi connectivity index (χ1v) is 11.8. The van der Waals surface area contributed by atoms with E-state index in [1.54, 1.807) is 14.2 Å². The van der Waals surface area contributed by atoms with Gasteiger partial charge in [-0.25, -0.2) is 4.79 Å². The summed E-state index contributed by atoms with van der Waals surface area (Å²) in [6, 6.07) is 28.8. The van der Waals surface area contributed by atoms with Gasteiger partial charge in [0.2, 0.25) is 0 Å². The molecule has 0 N–H and O–H groups in total. The summed E-state index contributed by atoms with van der Waals surface area (Å²) in [6.07, 6.45) is 0. The summed E-state index contributed by atoms with van der Waals surface area (Å²) in [4.78, 5) is 23.4. The Labute approximate surface area is 220 Å². The van der Waals surface area contributed by atoms with Gasteiger partial charge < -0.3 is 18.9 Å². The summed E-state index contributed by atoms with van der Waals surface area (Å²) in [7, 11) is 4.41. The minimum absolute atomic E-state index is 0.0857. The van der Waals surface area contributed by atoms with E-state index in [0.717, 1.165) is 16.7 Å². The van der Waals surface area contributed by atoms with Crippen LogP contribution < -0.4 is 9.47 Å². The summed E-state index contributed by atoms with van der Waals surface area (Å²) in [5, 5.41) is 11.9. The van der Waals surface area contributed by atoms with E-state index in [1.807, 2.05) is 78.9 Å². The Hall–Kier alpha value is -4.69. The third-order valence-corrected chi connectivity index (χ3v) is 6.32. The third kappa shape index (κ3) is 5.21. The van der Waals surface area contributed by atoms with E-state index in [-0.39, 0.29) is 17.9 Å². The zero-order valence-electron chi connectivity index (χ0n) is 21.2. The molecular weight excluding hydrogens is 486 g/mol. The van der Waals surface area contributed by atoms with E-state index < -0.39 is 16.5 Å². The molecule has 38 heavy (non-hydrogen) atoms. The van der Waals surface area contributed by atoms with Crippen molar-refractivity contribution in [3.63, 3.8) is 0 Å². The average Bonchev–Trinajstić information content (AvgIpc) is 2.98. The number of nitrogens with zero attached hydrogens (tertiary/aromatic N) is 1. The van der Waals surface area contributed by atoms with Gasteiger partial charge in [0, 0.05) is 6.07 Å². The van der Waals surface area contributed by atoms with E-state index in [4.69, 9.17) is 18.9 Å². The van der Waals surface area contributed by atoms with E-state index in [0.29, 0.717) is 17.1 Å². The highest BCUT2D eigenvalue weighted by Gasteiger charge is 2.38. The molecule has 0 unspecified atom stereocenters. The van der Waals surface area contributed by atoms with Gasteiger partial charge in [0.15, 0.2) is 0 Å². The van der Waals surface area contributed by atoms with Crippen LogP contribution in [0.4, 0.5) is 5.69 Å². The molecule has 0 bridgehead atoms. The van der Waals surface area contributed by atoms with Crippen LogP contribution in [-0.4, -0.2) is 32.2 Å². The van der Waals surface area contributed by atoms with Crippen molar-refractivity contribution in [2.45, 2.75) is 12.2 Å². The molecule has 0 saturated carbocycles. The highest BCUT2D eigenvalue weighted by Crippen LogP contribution is 2.42. The van der Waals surface area contributed by atoms with Gasteiger partial charge >= 0.3 is 5.97 Å². The maximum atomic E-state index is 12.0. The topological polar surface area (TPSA) is 97.1 Å². The zero-order chi connectivity index (χ0) is 27.1. The minimum atomic E-state index is -1.14. The number of nitro groups is 1. The molecule has 0 spiro atoms. The van der Waals surface area contributed by atoms with Gasteiger partial charge in [-0.15, -0.1) is 0 Å². The minimum Gasteiger partial charge on any atom is -0.497 e. The van der Waals surface area contributed by atoms with Gasteiger partial charge in [0.1, 0.15) is 17.1 Å². The van der Waals surface area contributed by atoms with Crippen LogP contribution in [0.15, 0.2) is 97.1 Å². The fourth-order valence-electron chi connectivity index (χ4n) is 4.36. The molecule has 0 saturated heterocycles. The standard InChI is InChI=1S/C30H27NO7/c1-35-26-15-11-24(12-16-26)30(23-7-5-4-6-8-23,25-13-17-27(36-2)18-14-25)38-20-22-10-9-21(29(32)37-3)19-28(22)31(33)34/h4-19H,20H2,1-3H3. The number of esters is 1. The molecule has 0 amide bonds. The van der Waals surface area contributed by atoms with Gasteiger partial charge in [0.05, 0.1) is 44.0 Å². The lowest BCUT2D eigenvalue weighted by Gasteiger charge is -2.36. The summed E-state index contributed by atoms with van der Waals surface area (Å²) in [6.45, 7) is -0.120. The van der Waals surface area contributed by atoms with Gasteiger partial charge in [0.25, 0.3) is 5.69 Å². The summed E-state index contributed by atoms with van der Waals surface area (Å²) < 4.78 is 22.2. The molecule has 8 heteroatoms. The van der Waals surface area contributed by atoms with Crippen LogP contribution in [0.1, 0.15) is 32.6 Å². The maximum absolute atomic E-state index is 12.0. The SMILES string of the molecule is COC(=O)c1ccc(COC(c2ccccc2)(c2ccc(OC)cc2)c2ccc(OC)cc2)c([N+](=O)[O-])c1. The molecule has 0 radical (unpaired) electrons. The average molecular weight is 514 g/mol. The van der Waals surface area contributed by atoms with Crippen molar-refractivity contribution in [1.29, 1.82) is 0 Å². The van der Waals surface area contributed by atoms with Crippen LogP contribution in [0.25, 0.3) is 0 Å². The first kappa shape index (κ1) is 26.4. The Morgan fingerprint density at radius 3 is 1.76 bits per heavy atom. The number of nitro benzene ring substituents is 1. The van der Waals surface area contributed by atoms with Gasteiger partial charge in [-0.2, -0.15) is 0 Å². The van der Waals surface area contributed by atoms with Crippen molar-refractivity contribution >= 4 is 11.7 Å². The fourth-order valence-corrected chi connectivity index (χ4v) is 4.36. The predicted octanol–water partition coefficient (Wildman–Crippen LogP) is 5.91. The number of benzene rings is 4. The zero-order valence-corrected chi connectivity index (χ0v) is 21.2. The van der Waals surface area contributed by atoms with Crippen LogP contribution in [0.2, 0.25) is 0 Å². The molecule has 0 heterocycles. The van der Waals surface area contributed by atoms with Crippen LogP contribution in [-0.2, 0) is 21.7 Å². The molecule has 0 aliphatic rings.